The number of nitrogens with zero attached hydrogens (tertiary/aromatic N) is 4. The minimum atomic E-state index is 0.289. The summed E-state index contributed by atoms with van der Waals surface area (Å²) in [7, 11) is 0. The zero-order valence-corrected chi connectivity index (χ0v) is 10.9. The number of thioether (sulfide) groups is 1. The number of aromatic amines is 1. The van der Waals surface area contributed by atoms with Crippen molar-refractivity contribution in [3.63, 3.8) is 0 Å². The van der Waals surface area contributed by atoms with E-state index in [4.69, 9.17) is 5.73 Å². The van der Waals surface area contributed by atoms with Crippen LogP contribution in [0, 0.1) is 0 Å². The van der Waals surface area contributed by atoms with Crippen molar-refractivity contribution in [2.24, 2.45) is 0 Å². The lowest BCUT2D eigenvalue weighted by Crippen LogP contribution is -2.10. The van der Waals surface area contributed by atoms with Gasteiger partial charge in [0, 0.05) is 24.1 Å². The summed E-state index contributed by atoms with van der Waals surface area (Å²) in [6, 6.07) is 0. The van der Waals surface area contributed by atoms with Gasteiger partial charge in [0.15, 0.2) is 5.16 Å². The summed E-state index contributed by atoms with van der Waals surface area (Å²) in [5.41, 5.74) is 6.64. The summed E-state index contributed by atoms with van der Waals surface area (Å²) in [4.78, 5) is 12.2. The lowest BCUT2D eigenvalue weighted by Gasteiger charge is -2.09. The molecule has 0 aliphatic carbocycles. The summed E-state index contributed by atoms with van der Waals surface area (Å²) in [5.74, 6) is 1.96. The van der Waals surface area contributed by atoms with Crippen LogP contribution in [0.3, 0.4) is 0 Å². The van der Waals surface area contributed by atoms with Crippen LogP contribution >= 0.6 is 11.8 Å². The zero-order chi connectivity index (χ0) is 12.8. The van der Waals surface area contributed by atoms with Gasteiger partial charge in [0.25, 0.3) is 0 Å². The van der Waals surface area contributed by atoms with E-state index in [9.17, 15) is 0 Å². The predicted octanol–water partition coefficient (Wildman–Crippen LogP) is 0.944. The average Bonchev–Trinajstić information content (AvgIpc) is 2.88. The molecular weight excluding hydrogens is 250 g/mol. The molecule has 2 aromatic rings. The van der Waals surface area contributed by atoms with Gasteiger partial charge in [-0.1, -0.05) is 18.7 Å². The van der Waals surface area contributed by atoms with Crippen LogP contribution in [0.1, 0.15) is 12.5 Å². The first-order chi connectivity index (χ1) is 8.79. The van der Waals surface area contributed by atoms with Crippen molar-refractivity contribution in [1.29, 1.82) is 0 Å². The summed E-state index contributed by atoms with van der Waals surface area (Å²) < 4.78 is 0. The monoisotopic (exact) mass is 265 g/mol. The third-order valence-electron chi connectivity index (χ3n) is 2.29. The van der Waals surface area contributed by atoms with E-state index in [1.807, 2.05) is 0 Å². The van der Waals surface area contributed by atoms with E-state index in [-0.39, 0.29) is 5.95 Å². The van der Waals surface area contributed by atoms with E-state index in [0.717, 1.165) is 35.3 Å². The molecular formula is C10H15N7S. The smallest absolute Gasteiger partial charge is 0.221 e. The van der Waals surface area contributed by atoms with Gasteiger partial charge in [0.1, 0.15) is 12.1 Å². The number of hydrogen-bond acceptors (Lipinski definition) is 7. The number of aromatic nitrogens is 5. The molecule has 0 aliphatic heterocycles. The van der Waals surface area contributed by atoms with Gasteiger partial charge in [-0.25, -0.2) is 9.97 Å². The van der Waals surface area contributed by atoms with Crippen LogP contribution in [0.2, 0.25) is 0 Å². The lowest BCUT2D eigenvalue weighted by molar-refractivity contribution is 0.971. The Kier molecular flexibility index (Phi) is 4.35. The molecule has 2 rings (SSSR count). The van der Waals surface area contributed by atoms with E-state index in [0.29, 0.717) is 0 Å². The van der Waals surface area contributed by atoms with E-state index in [1.165, 1.54) is 6.33 Å². The molecule has 7 nitrogen and oxygen atoms in total. The second-order valence-electron chi connectivity index (χ2n) is 3.52. The average molecular weight is 265 g/mol. The molecule has 0 radical (unpaired) electrons. The van der Waals surface area contributed by atoms with E-state index in [2.05, 4.69) is 37.4 Å². The Morgan fingerprint density at radius 1 is 1.44 bits per heavy atom. The molecule has 0 amide bonds. The van der Waals surface area contributed by atoms with E-state index in [1.54, 1.807) is 18.0 Å². The standard InChI is InChI=1S/C10H15N7S/c1-2-7-5-13-9(11)16-8(7)12-3-4-18-10-14-6-15-17-10/h5-6H,2-4H2,1H3,(H,14,15,17)(H3,11,12,13,16). The SMILES string of the molecule is CCc1cnc(N)nc1NCCSc1ncn[nH]1. The second kappa shape index (κ2) is 6.20. The molecule has 96 valence electrons. The molecule has 4 N–H and O–H groups in total. The van der Waals surface area contributed by atoms with Gasteiger partial charge in [0.05, 0.1) is 0 Å². The van der Waals surface area contributed by atoms with Crippen molar-refractivity contribution >= 4 is 23.5 Å². The fraction of sp³-hybridized carbons (Fsp3) is 0.400. The van der Waals surface area contributed by atoms with Gasteiger partial charge in [0.2, 0.25) is 5.95 Å². The molecule has 0 saturated carbocycles. The van der Waals surface area contributed by atoms with Gasteiger partial charge in [-0.3, -0.25) is 5.10 Å². The number of H-pyrrole nitrogens is 1. The maximum Gasteiger partial charge on any atom is 0.221 e. The number of anilines is 2. The molecule has 0 saturated heterocycles. The number of hydrogen-bond donors (Lipinski definition) is 3. The zero-order valence-electron chi connectivity index (χ0n) is 10.1. The Labute approximate surface area is 109 Å². The Bertz CT molecular complexity index is 485. The topological polar surface area (TPSA) is 105 Å². The molecule has 0 spiro atoms. The van der Waals surface area contributed by atoms with Crippen molar-refractivity contribution in [1.82, 2.24) is 25.1 Å². The number of rotatable bonds is 6. The first kappa shape index (κ1) is 12.6. The van der Waals surface area contributed by atoms with Crippen LogP contribution < -0.4 is 11.1 Å². The molecule has 0 aliphatic rings. The van der Waals surface area contributed by atoms with Crippen molar-refractivity contribution in [3.05, 3.63) is 18.1 Å². The third kappa shape index (κ3) is 3.33. The van der Waals surface area contributed by atoms with E-state index >= 15 is 0 Å². The number of aryl methyl sites for hydroxylation is 1. The number of nitrogen functional groups attached to an aromatic ring is 1. The van der Waals surface area contributed by atoms with Crippen LogP contribution in [0.25, 0.3) is 0 Å². The highest BCUT2D eigenvalue weighted by molar-refractivity contribution is 7.99. The van der Waals surface area contributed by atoms with Crippen LogP contribution in [0.4, 0.5) is 11.8 Å². The normalized spacial score (nSPS) is 10.5. The Morgan fingerprint density at radius 2 is 2.33 bits per heavy atom. The minimum absolute atomic E-state index is 0.289. The summed E-state index contributed by atoms with van der Waals surface area (Å²) in [6.45, 7) is 2.83. The first-order valence-electron chi connectivity index (χ1n) is 5.63. The van der Waals surface area contributed by atoms with Crippen LogP contribution in [0.15, 0.2) is 17.7 Å². The molecule has 0 bridgehead atoms. The highest BCUT2D eigenvalue weighted by atomic mass is 32.2. The minimum Gasteiger partial charge on any atom is -0.369 e. The molecule has 0 fully saturated rings. The quantitative estimate of drug-likeness (QED) is 0.527. The summed E-state index contributed by atoms with van der Waals surface area (Å²) in [5, 5.41) is 10.6. The molecule has 2 heterocycles. The molecule has 0 atom stereocenters. The van der Waals surface area contributed by atoms with Crippen LogP contribution in [0.5, 0.6) is 0 Å². The van der Waals surface area contributed by atoms with Crippen LogP contribution in [-0.4, -0.2) is 37.4 Å². The van der Waals surface area contributed by atoms with Crippen LogP contribution in [-0.2, 0) is 6.42 Å². The van der Waals surface area contributed by atoms with Crippen molar-refractivity contribution in [2.45, 2.75) is 18.5 Å². The largest absolute Gasteiger partial charge is 0.369 e. The van der Waals surface area contributed by atoms with Gasteiger partial charge in [-0.15, -0.1) is 0 Å². The van der Waals surface area contributed by atoms with Crippen molar-refractivity contribution in [3.8, 4) is 0 Å². The van der Waals surface area contributed by atoms with E-state index < -0.39 is 0 Å². The fourth-order valence-corrected chi connectivity index (χ4v) is 2.05. The van der Waals surface area contributed by atoms with Gasteiger partial charge in [-0.2, -0.15) is 10.1 Å². The predicted molar refractivity (Wildman–Crippen MR) is 71.4 cm³/mol. The summed E-state index contributed by atoms with van der Waals surface area (Å²) >= 11 is 1.60. The second-order valence-corrected chi connectivity index (χ2v) is 4.61. The Balaban J connectivity index is 1.84. The molecule has 8 heteroatoms. The molecule has 2 aromatic heterocycles. The first-order valence-corrected chi connectivity index (χ1v) is 6.61. The van der Waals surface area contributed by atoms with Gasteiger partial charge < -0.3 is 11.1 Å². The molecule has 18 heavy (non-hydrogen) atoms. The highest BCUT2D eigenvalue weighted by Crippen LogP contribution is 2.14. The van der Waals surface area contributed by atoms with Gasteiger partial charge >= 0.3 is 0 Å². The fourth-order valence-electron chi connectivity index (χ4n) is 1.41. The van der Waals surface area contributed by atoms with Crippen molar-refractivity contribution < 1.29 is 0 Å². The maximum absolute atomic E-state index is 5.57. The highest BCUT2D eigenvalue weighted by Gasteiger charge is 2.04. The molecule has 0 unspecified atom stereocenters. The third-order valence-corrected chi connectivity index (χ3v) is 3.17. The lowest BCUT2D eigenvalue weighted by atomic mass is 10.2. The maximum atomic E-state index is 5.57. The number of nitrogens with two attached hydrogens (primary N) is 1. The molecule has 0 aromatic carbocycles. The number of nitrogens with one attached hydrogen (secondary N) is 2. The van der Waals surface area contributed by atoms with Gasteiger partial charge in [-0.05, 0) is 6.42 Å². The van der Waals surface area contributed by atoms with Crippen molar-refractivity contribution in [2.75, 3.05) is 23.3 Å². The Morgan fingerprint density at radius 3 is 3.06 bits per heavy atom. The summed E-state index contributed by atoms with van der Waals surface area (Å²) in [6.07, 6.45) is 4.13. The Hall–Kier alpha value is -1.83.